The highest BCUT2D eigenvalue weighted by atomic mass is 32.2. The highest BCUT2D eigenvalue weighted by Gasteiger charge is 2.46. The third-order valence-electron chi connectivity index (χ3n) is 3.61. The van der Waals surface area contributed by atoms with Gasteiger partial charge < -0.3 is 0 Å². The van der Waals surface area contributed by atoms with Crippen LogP contribution in [0.4, 0.5) is 22.0 Å². The van der Waals surface area contributed by atoms with Crippen molar-refractivity contribution in [1.29, 1.82) is 0 Å². The summed E-state index contributed by atoms with van der Waals surface area (Å²) in [4.78, 5) is -1.48. The first-order valence-electron chi connectivity index (χ1n) is 7.05. The molecule has 0 atom stereocenters. The summed E-state index contributed by atoms with van der Waals surface area (Å²) in [5.74, 6) is -10.8. The van der Waals surface area contributed by atoms with Gasteiger partial charge in [0.15, 0.2) is 19.7 Å². The van der Waals surface area contributed by atoms with Gasteiger partial charge in [0.05, 0.1) is 0 Å². The summed E-state index contributed by atoms with van der Waals surface area (Å²) in [5, 5.41) is 0. The van der Waals surface area contributed by atoms with Gasteiger partial charge in [-0.3, -0.25) is 0 Å². The van der Waals surface area contributed by atoms with Gasteiger partial charge in [-0.05, 0) is 24.3 Å². The number of benzene rings is 3. The maximum atomic E-state index is 14.4. The predicted octanol–water partition coefficient (Wildman–Crippen LogP) is 5.36. The third-order valence-corrected chi connectivity index (χ3v) is 6.41. The van der Waals surface area contributed by atoms with E-state index in [9.17, 15) is 26.2 Å². The van der Waals surface area contributed by atoms with Crippen molar-refractivity contribution in [3.63, 3.8) is 0 Å². The molecule has 0 saturated heterocycles. The van der Waals surface area contributed by atoms with Gasteiger partial charge in [-0.15, -0.1) is 0 Å². The van der Waals surface area contributed by atoms with Crippen molar-refractivity contribution in [2.45, 2.75) is 14.7 Å². The van der Waals surface area contributed by atoms with E-state index in [0.29, 0.717) is 0 Å². The zero-order valence-electron chi connectivity index (χ0n) is 12.5. The van der Waals surface area contributed by atoms with Gasteiger partial charge in [0, 0.05) is 0 Å². The smallest absolute Gasteiger partial charge is 0.200 e. The summed E-state index contributed by atoms with van der Waals surface area (Å²) in [7, 11) is -3.94. The molecule has 0 heterocycles. The first kappa shape index (κ1) is 17.3. The minimum atomic E-state index is -3.94. The van der Waals surface area contributed by atoms with Crippen LogP contribution in [0.5, 0.6) is 0 Å². The number of rotatable bonds is 3. The predicted molar refractivity (Wildman–Crippen MR) is 82.0 cm³/mol. The molecule has 0 fully saturated rings. The fraction of sp³-hybridized carbons (Fsp3) is 0. The largest absolute Gasteiger partial charge is 0.246 e. The first-order valence-corrected chi connectivity index (χ1v) is 8.60. The Morgan fingerprint density at radius 1 is 0.520 bits per heavy atom. The molecule has 3 aromatic rings. The van der Waals surface area contributed by atoms with E-state index in [1.54, 1.807) is 12.1 Å². The molecule has 0 N–H and O–H groups in total. The lowest BCUT2D eigenvalue weighted by molar-refractivity contribution is 0.358. The van der Waals surface area contributed by atoms with Crippen molar-refractivity contribution in [3.8, 4) is 0 Å². The van der Waals surface area contributed by atoms with Crippen molar-refractivity contribution < 1.29 is 26.2 Å². The molecule has 0 unspecified atom stereocenters. The lowest BCUT2D eigenvalue weighted by atomic mass is 10.3. The van der Waals surface area contributed by atoms with E-state index >= 15 is 0 Å². The van der Waals surface area contributed by atoms with Crippen LogP contribution in [0.2, 0.25) is 0 Å². The standard InChI is InChI=1S/C18H10F5OS/c19-13-14(20)16(22)18(17(23)15(13)21)25(24,11-7-3-1-4-8-11)12-9-5-2-6-10-12/h1-10H/q+1. The van der Waals surface area contributed by atoms with Crippen molar-refractivity contribution >= 4 is 9.93 Å². The van der Waals surface area contributed by atoms with Gasteiger partial charge >= 0.3 is 0 Å². The monoisotopic (exact) mass is 369 g/mol. The van der Waals surface area contributed by atoms with Crippen molar-refractivity contribution in [1.82, 2.24) is 0 Å². The molecular weight excluding hydrogens is 359 g/mol. The Bertz CT molecular complexity index is 901. The Morgan fingerprint density at radius 3 is 1.20 bits per heavy atom. The fourth-order valence-electron chi connectivity index (χ4n) is 2.43. The zero-order valence-corrected chi connectivity index (χ0v) is 13.3. The Balaban J connectivity index is 2.46. The minimum Gasteiger partial charge on any atom is -0.200 e. The Hall–Kier alpha value is -2.54. The van der Waals surface area contributed by atoms with Crippen molar-refractivity contribution in [3.05, 3.63) is 89.7 Å². The van der Waals surface area contributed by atoms with E-state index in [0.717, 1.165) is 0 Å². The molecule has 128 valence electrons. The van der Waals surface area contributed by atoms with Gasteiger partial charge in [-0.1, -0.05) is 40.6 Å². The Kier molecular flexibility index (Phi) is 4.43. The summed E-state index contributed by atoms with van der Waals surface area (Å²) >= 11 is 0. The van der Waals surface area contributed by atoms with E-state index in [2.05, 4.69) is 0 Å². The van der Waals surface area contributed by atoms with E-state index in [-0.39, 0.29) is 9.79 Å². The SMILES string of the molecule is O=[S+](c1ccccc1)(c1ccccc1)c1c(F)c(F)c(F)c(F)c1F. The summed E-state index contributed by atoms with van der Waals surface area (Å²) in [6.07, 6.45) is 0. The highest BCUT2D eigenvalue weighted by Crippen LogP contribution is 2.41. The molecule has 0 aliphatic rings. The van der Waals surface area contributed by atoms with Crippen LogP contribution in [0.3, 0.4) is 0 Å². The average molecular weight is 369 g/mol. The van der Waals surface area contributed by atoms with Gasteiger partial charge in [0.1, 0.15) is 0 Å². The minimum absolute atomic E-state index is 0.0654. The molecule has 0 aliphatic carbocycles. The van der Waals surface area contributed by atoms with Gasteiger partial charge in [0.2, 0.25) is 34.0 Å². The maximum Gasteiger partial charge on any atom is 0.246 e. The van der Waals surface area contributed by atoms with Crippen molar-refractivity contribution in [2.24, 2.45) is 0 Å². The molecule has 0 saturated carbocycles. The van der Waals surface area contributed by atoms with Gasteiger partial charge in [0.25, 0.3) is 0 Å². The van der Waals surface area contributed by atoms with Crippen LogP contribution in [-0.2, 0) is 14.1 Å². The lowest BCUT2D eigenvalue weighted by Gasteiger charge is -2.14. The molecule has 3 rings (SSSR count). The molecule has 0 aromatic heterocycles. The molecule has 0 bridgehead atoms. The topological polar surface area (TPSA) is 17.1 Å². The molecule has 1 nitrogen and oxygen atoms in total. The van der Waals surface area contributed by atoms with Crippen molar-refractivity contribution in [2.75, 3.05) is 0 Å². The summed E-state index contributed by atoms with van der Waals surface area (Å²) in [6.45, 7) is 0. The number of hydrogen-bond donors (Lipinski definition) is 0. The Morgan fingerprint density at radius 2 is 0.840 bits per heavy atom. The second kappa shape index (κ2) is 6.40. The molecule has 7 heteroatoms. The molecule has 0 aliphatic heterocycles. The second-order valence-electron chi connectivity index (χ2n) is 5.08. The van der Waals surface area contributed by atoms with Gasteiger partial charge in [-0.2, -0.15) is 8.78 Å². The number of hydrogen-bond acceptors (Lipinski definition) is 1. The maximum absolute atomic E-state index is 14.4. The van der Waals surface area contributed by atoms with Crippen LogP contribution >= 0.6 is 0 Å². The quantitative estimate of drug-likeness (QED) is 0.263. The molecule has 0 amide bonds. The Labute approximate surface area is 141 Å². The summed E-state index contributed by atoms with van der Waals surface area (Å²) in [5.41, 5.74) is 0. The first-order chi connectivity index (χ1) is 11.9. The van der Waals surface area contributed by atoms with E-state index in [1.165, 1.54) is 48.5 Å². The summed E-state index contributed by atoms with van der Waals surface area (Å²) < 4.78 is 83.2. The number of halogens is 5. The highest BCUT2D eigenvalue weighted by molar-refractivity contribution is 8.03. The third kappa shape index (κ3) is 2.64. The normalized spacial score (nSPS) is 11.6. The van der Waals surface area contributed by atoms with Crippen LogP contribution in [0, 0.1) is 29.1 Å². The van der Waals surface area contributed by atoms with Crippen LogP contribution in [0.15, 0.2) is 75.4 Å². The average Bonchev–Trinajstić information content (AvgIpc) is 2.66. The zero-order chi connectivity index (χ0) is 18.2. The van der Waals surface area contributed by atoms with E-state index < -0.39 is 43.9 Å². The molecular formula is C18H10F5OS+. The molecule has 0 spiro atoms. The molecule has 25 heavy (non-hydrogen) atoms. The summed E-state index contributed by atoms with van der Waals surface area (Å²) in [6, 6.07) is 14.3. The van der Waals surface area contributed by atoms with E-state index in [4.69, 9.17) is 0 Å². The van der Waals surface area contributed by atoms with Crippen LogP contribution < -0.4 is 0 Å². The molecule has 0 radical (unpaired) electrons. The lowest BCUT2D eigenvalue weighted by Crippen LogP contribution is -2.20. The van der Waals surface area contributed by atoms with Crippen LogP contribution in [-0.4, -0.2) is 0 Å². The van der Waals surface area contributed by atoms with Crippen LogP contribution in [0.1, 0.15) is 0 Å². The van der Waals surface area contributed by atoms with Crippen LogP contribution in [0.25, 0.3) is 0 Å². The second-order valence-corrected chi connectivity index (χ2v) is 7.54. The molecule has 3 aromatic carbocycles. The fourth-order valence-corrected chi connectivity index (χ4v) is 4.94. The van der Waals surface area contributed by atoms with Gasteiger partial charge in [-0.25, -0.2) is 13.2 Å². The van der Waals surface area contributed by atoms with E-state index in [1.807, 2.05) is 0 Å².